The first-order chi connectivity index (χ1) is 8.28. The van der Waals surface area contributed by atoms with Crippen LogP contribution in [0, 0.1) is 5.92 Å². The average molecular weight is 234 g/mol. The summed E-state index contributed by atoms with van der Waals surface area (Å²) in [5.74, 6) is 1.04. The number of benzene rings is 1. The summed E-state index contributed by atoms with van der Waals surface area (Å²) in [6.07, 6.45) is 2.91. The van der Waals surface area contributed by atoms with Crippen molar-refractivity contribution < 1.29 is 14.6 Å². The monoisotopic (exact) mass is 234 g/mol. The molecule has 0 fully saturated rings. The maximum absolute atomic E-state index is 8.97. The van der Waals surface area contributed by atoms with Crippen LogP contribution in [0.2, 0.25) is 0 Å². The van der Waals surface area contributed by atoms with Crippen molar-refractivity contribution in [2.75, 3.05) is 6.61 Å². The molecule has 3 nitrogen and oxygen atoms in total. The summed E-state index contributed by atoms with van der Waals surface area (Å²) >= 11 is 0. The van der Waals surface area contributed by atoms with E-state index in [0.29, 0.717) is 0 Å². The predicted molar refractivity (Wildman–Crippen MR) is 65.1 cm³/mol. The molecule has 1 aromatic carbocycles. The van der Waals surface area contributed by atoms with Crippen LogP contribution in [0.15, 0.2) is 42.4 Å². The Morgan fingerprint density at radius 2 is 2.06 bits per heavy atom. The van der Waals surface area contributed by atoms with Gasteiger partial charge in [0.05, 0.1) is 0 Å². The number of rotatable bonds is 5. The molecule has 0 saturated heterocycles. The highest BCUT2D eigenvalue weighted by atomic mass is 16.7. The van der Waals surface area contributed by atoms with Gasteiger partial charge >= 0.3 is 0 Å². The number of ether oxygens (including phenoxy) is 2. The van der Waals surface area contributed by atoms with Gasteiger partial charge < -0.3 is 14.6 Å². The first kappa shape index (κ1) is 12.0. The number of aliphatic hydroxyl groups excluding tert-OH is 1. The van der Waals surface area contributed by atoms with E-state index in [1.165, 1.54) is 5.56 Å². The van der Waals surface area contributed by atoms with Crippen molar-refractivity contribution in [1.82, 2.24) is 0 Å². The highest BCUT2D eigenvalue weighted by molar-refractivity contribution is 5.15. The van der Waals surface area contributed by atoms with Gasteiger partial charge in [0.2, 0.25) is 6.29 Å². The Hall–Kier alpha value is -1.48. The predicted octanol–water partition coefficient (Wildman–Crippen LogP) is 2.46. The number of allylic oxidation sites excluding steroid dienone is 1. The molecule has 0 aromatic heterocycles. The van der Waals surface area contributed by atoms with Gasteiger partial charge in [-0.15, -0.1) is 0 Å². The van der Waals surface area contributed by atoms with Crippen molar-refractivity contribution in [2.24, 2.45) is 5.92 Å². The van der Waals surface area contributed by atoms with E-state index in [1.54, 1.807) is 6.26 Å². The lowest BCUT2D eigenvalue weighted by atomic mass is 10.1. The first-order valence-corrected chi connectivity index (χ1v) is 5.94. The molecular weight excluding hydrogens is 216 g/mol. The van der Waals surface area contributed by atoms with Gasteiger partial charge in [-0.2, -0.15) is 0 Å². The zero-order valence-electron chi connectivity index (χ0n) is 10.0. The zero-order valence-corrected chi connectivity index (χ0v) is 10.0. The molecule has 0 bridgehead atoms. The summed E-state index contributed by atoms with van der Waals surface area (Å²) in [4.78, 5) is 0. The van der Waals surface area contributed by atoms with Crippen molar-refractivity contribution in [3.63, 3.8) is 0 Å². The third-order valence-electron chi connectivity index (χ3n) is 2.74. The molecule has 0 radical (unpaired) electrons. The molecule has 92 valence electrons. The standard InChI is InChI=1S/C14H18O3/c1-11(9-15)7-13-10-16-14(17-13)8-12-5-3-2-4-6-12/h2-6,10-11,14-15H,7-9H2,1H3. The van der Waals surface area contributed by atoms with Crippen LogP contribution in [0.5, 0.6) is 0 Å². The Labute approximate surface area is 102 Å². The quantitative estimate of drug-likeness (QED) is 0.850. The first-order valence-electron chi connectivity index (χ1n) is 5.94. The molecule has 1 aliphatic heterocycles. The molecule has 2 rings (SSSR count). The van der Waals surface area contributed by atoms with Crippen molar-refractivity contribution in [2.45, 2.75) is 26.1 Å². The van der Waals surface area contributed by atoms with Crippen LogP contribution in [0.25, 0.3) is 0 Å². The van der Waals surface area contributed by atoms with E-state index >= 15 is 0 Å². The lowest BCUT2D eigenvalue weighted by molar-refractivity contribution is -0.0331. The Balaban J connectivity index is 1.81. The second-order valence-corrected chi connectivity index (χ2v) is 4.45. The highest BCUT2D eigenvalue weighted by Crippen LogP contribution is 2.23. The fraction of sp³-hybridized carbons (Fsp3) is 0.429. The van der Waals surface area contributed by atoms with Crippen molar-refractivity contribution in [3.8, 4) is 0 Å². The summed E-state index contributed by atoms with van der Waals surface area (Å²) in [5, 5.41) is 8.97. The van der Waals surface area contributed by atoms with Gasteiger partial charge in [0.1, 0.15) is 12.0 Å². The molecule has 0 saturated carbocycles. The average Bonchev–Trinajstić information content (AvgIpc) is 2.77. The van der Waals surface area contributed by atoms with E-state index in [-0.39, 0.29) is 18.8 Å². The van der Waals surface area contributed by atoms with Crippen molar-refractivity contribution in [1.29, 1.82) is 0 Å². The maximum Gasteiger partial charge on any atom is 0.244 e. The van der Waals surface area contributed by atoms with E-state index in [1.807, 2.05) is 25.1 Å². The van der Waals surface area contributed by atoms with Crippen LogP contribution in [-0.2, 0) is 15.9 Å². The van der Waals surface area contributed by atoms with Crippen LogP contribution in [0.4, 0.5) is 0 Å². The molecule has 1 aromatic rings. The molecule has 1 aliphatic rings. The summed E-state index contributed by atoms with van der Waals surface area (Å²) in [6, 6.07) is 10.1. The number of aliphatic hydroxyl groups is 1. The topological polar surface area (TPSA) is 38.7 Å². The Morgan fingerprint density at radius 1 is 1.29 bits per heavy atom. The lowest BCUT2D eigenvalue weighted by Crippen LogP contribution is -2.13. The highest BCUT2D eigenvalue weighted by Gasteiger charge is 2.20. The van der Waals surface area contributed by atoms with Crippen LogP contribution in [-0.4, -0.2) is 18.0 Å². The molecule has 17 heavy (non-hydrogen) atoms. The van der Waals surface area contributed by atoms with Crippen molar-refractivity contribution >= 4 is 0 Å². The van der Waals surface area contributed by atoms with E-state index in [9.17, 15) is 0 Å². The largest absolute Gasteiger partial charge is 0.459 e. The smallest absolute Gasteiger partial charge is 0.244 e. The van der Waals surface area contributed by atoms with Gasteiger partial charge in [0.15, 0.2) is 0 Å². The van der Waals surface area contributed by atoms with Crippen LogP contribution in [0.1, 0.15) is 18.9 Å². The third-order valence-corrected chi connectivity index (χ3v) is 2.74. The summed E-state index contributed by atoms with van der Waals surface area (Å²) in [5.41, 5.74) is 1.20. The number of hydrogen-bond donors (Lipinski definition) is 1. The van der Waals surface area contributed by atoms with E-state index in [0.717, 1.165) is 18.6 Å². The molecule has 1 heterocycles. The minimum atomic E-state index is -0.224. The Morgan fingerprint density at radius 3 is 2.76 bits per heavy atom. The van der Waals surface area contributed by atoms with Gasteiger partial charge in [-0.25, -0.2) is 0 Å². The van der Waals surface area contributed by atoms with Crippen LogP contribution in [0.3, 0.4) is 0 Å². The molecule has 3 heteroatoms. The van der Waals surface area contributed by atoms with Gasteiger partial charge in [0.25, 0.3) is 0 Å². The van der Waals surface area contributed by atoms with Crippen molar-refractivity contribution in [3.05, 3.63) is 47.9 Å². The van der Waals surface area contributed by atoms with Gasteiger partial charge in [0, 0.05) is 19.4 Å². The molecular formula is C14H18O3. The minimum Gasteiger partial charge on any atom is -0.459 e. The van der Waals surface area contributed by atoms with Gasteiger partial charge in [-0.1, -0.05) is 37.3 Å². The number of hydrogen-bond acceptors (Lipinski definition) is 3. The molecule has 0 aliphatic carbocycles. The zero-order chi connectivity index (χ0) is 12.1. The lowest BCUT2D eigenvalue weighted by Gasteiger charge is -2.13. The SMILES string of the molecule is CC(CO)CC1=COC(Cc2ccccc2)O1. The third kappa shape index (κ3) is 3.49. The Kier molecular flexibility index (Phi) is 4.04. The van der Waals surface area contributed by atoms with E-state index in [4.69, 9.17) is 14.6 Å². The maximum atomic E-state index is 8.97. The molecule has 1 N–H and O–H groups in total. The van der Waals surface area contributed by atoms with Crippen LogP contribution >= 0.6 is 0 Å². The fourth-order valence-corrected chi connectivity index (χ4v) is 1.78. The van der Waals surface area contributed by atoms with Gasteiger partial charge in [-0.3, -0.25) is 0 Å². The molecule has 0 spiro atoms. The van der Waals surface area contributed by atoms with Crippen LogP contribution < -0.4 is 0 Å². The summed E-state index contributed by atoms with van der Waals surface area (Å²) < 4.78 is 11.1. The molecule has 2 unspecified atom stereocenters. The normalized spacial score (nSPS) is 20.4. The molecule has 2 atom stereocenters. The molecule has 0 amide bonds. The second kappa shape index (κ2) is 5.73. The van der Waals surface area contributed by atoms with E-state index < -0.39 is 0 Å². The second-order valence-electron chi connectivity index (χ2n) is 4.45. The summed E-state index contributed by atoms with van der Waals surface area (Å²) in [6.45, 7) is 2.15. The fourth-order valence-electron chi connectivity index (χ4n) is 1.78. The minimum absolute atomic E-state index is 0.171. The summed E-state index contributed by atoms with van der Waals surface area (Å²) in [7, 11) is 0. The Bertz CT molecular complexity index is 372. The van der Waals surface area contributed by atoms with E-state index in [2.05, 4.69) is 12.1 Å². The van der Waals surface area contributed by atoms with Gasteiger partial charge in [-0.05, 0) is 11.5 Å².